The van der Waals surface area contributed by atoms with E-state index in [2.05, 4.69) is 14.8 Å². The monoisotopic (exact) mass is 597 g/mol. The Balaban J connectivity index is 1.25. The van der Waals surface area contributed by atoms with Crippen molar-refractivity contribution >= 4 is 48.2 Å². The number of piperidine rings is 1. The second-order valence-electron chi connectivity index (χ2n) is 10.4. The number of hydrogen-bond acceptors (Lipinski definition) is 9. The molecular formula is C28H31N5O6S2. The van der Waals surface area contributed by atoms with E-state index in [0.717, 1.165) is 54.0 Å². The van der Waals surface area contributed by atoms with Crippen LogP contribution in [0.2, 0.25) is 0 Å². The van der Waals surface area contributed by atoms with Gasteiger partial charge in [0.25, 0.3) is 5.91 Å². The lowest BCUT2D eigenvalue weighted by molar-refractivity contribution is 0.0747. The highest BCUT2D eigenvalue weighted by Gasteiger charge is 2.29. The van der Waals surface area contributed by atoms with Crippen molar-refractivity contribution in [3.8, 4) is 0 Å². The Hall–Kier alpha value is -3.84. The standard InChI is InChI=1S/C28H31N5O6S2/c1-40(35,36)21-7-8-24(30-12-3-2-4-13-30)23(20-21)28(34)32-17-15-31(16-18-32)25-9-11-29-27-22(25)10-14-33(27)41(37,38)26-6-5-19-39-26/h5-11,14,19-20H,2-4,12-13,15-18H2,1H3. The first-order chi connectivity index (χ1) is 19.6. The lowest BCUT2D eigenvalue weighted by Crippen LogP contribution is -2.49. The number of carbonyl (C=O) groups is 1. The molecule has 2 fully saturated rings. The molecule has 0 spiro atoms. The summed E-state index contributed by atoms with van der Waals surface area (Å²) in [5, 5.41) is 0.508. The van der Waals surface area contributed by atoms with Crippen molar-refractivity contribution in [3.05, 3.63) is 66.7 Å². The Labute approximate surface area is 238 Å². The van der Waals surface area contributed by atoms with Crippen LogP contribution in [0.5, 0.6) is 0 Å². The summed E-state index contributed by atoms with van der Waals surface area (Å²) in [5.74, 6) is -0.189. The number of piperazine rings is 1. The number of anilines is 2. The molecule has 0 unspecified atom stereocenters. The van der Waals surface area contributed by atoms with Crippen LogP contribution in [0, 0.1) is 0 Å². The molecule has 0 bridgehead atoms. The number of fused-ring (bicyclic) bond motifs is 1. The Bertz CT molecular complexity index is 1800. The molecule has 41 heavy (non-hydrogen) atoms. The summed E-state index contributed by atoms with van der Waals surface area (Å²) in [5.41, 5.74) is 2.30. The maximum atomic E-state index is 13.8. The molecule has 2 aliphatic heterocycles. The van der Waals surface area contributed by atoms with Gasteiger partial charge in [0.15, 0.2) is 15.5 Å². The van der Waals surface area contributed by atoms with Gasteiger partial charge in [-0.3, -0.25) is 4.79 Å². The molecule has 0 N–H and O–H groups in total. The third-order valence-electron chi connectivity index (χ3n) is 7.77. The zero-order chi connectivity index (χ0) is 28.8. The minimum Gasteiger partial charge on any atom is -0.451 e. The van der Waals surface area contributed by atoms with Crippen molar-refractivity contribution in [2.75, 3.05) is 55.3 Å². The fraction of sp³-hybridized carbons (Fsp3) is 0.357. The lowest BCUT2D eigenvalue weighted by atomic mass is 10.1. The van der Waals surface area contributed by atoms with Crippen LogP contribution < -0.4 is 9.80 Å². The molecule has 0 radical (unpaired) electrons. The number of rotatable bonds is 6. The molecule has 4 aromatic rings. The largest absolute Gasteiger partial charge is 0.451 e. The van der Waals surface area contributed by atoms with E-state index >= 15 is 0 Å². The average molecular weight is 598 g/mol. The van der Waals surface area contributed by atoms with Crippen molar-refractivity contribution in [3.63, 3.8) is 0 Å². The highest BCUT2D eigenvalue weighted by Crippen LogP contribution is 2.31. The van der Waals surface area contributed by atoms with E-state index in [9.17, 15) is 21.6 Å². The Morgan fingerprint density at radius 1 is 0.854 bits per heavy atom. The van der Waals surface area contributed by atoms with Gasteiger partial charge in [-0.2, -0.15) is 8.42 Å². The van der Waals surface area contributed by atoms with Gasteiger partial charge in [-0.15, -0.1) is 0 Å². The van der Waals surface area contributed by atoms with Crippen LogP contribution in [-0.4, -0.2) is 82.1 Å². The van der Waals surface area contributed by atoms with Crippen molar-refractivity contribution in [1.29, 1.82) is 0 Å². The van der Waals surface area contributed by atoms with E-state index in [1.165, 1.54) is 30.7 Å². The molecule has 0 atom stereocenters. The van der Waals surface area contributed by atoms with Gasteiger partial charge in [-0.05, 0) is 61.7 Å². The van der Waals surface area contributed by atoms with Crippen LogP contribution in [0.15, 0.2) is 75.5 Å². The number of aromatic nitrogens is 2. The van der Waals surface area contributed by atoms with Gasteiger partial charge in [0.1, 0.15) is 0 Å². The van der Waals surface area contributed by atoms with E-state index in [1.54, 1.807) is 29.3 Å². The number of amides is 1. The van der Waals surface area contributed by atoms with Crippen LogP contribution in [-0.2, 0) is 19.9 Å². The number of sulfone groups is 1. The van der Waals surface area contributed by atoms with E-state index in [1.807, 2.05) is 6.07 Å². The summed E-state index contributed by atoms with van der Waals surface area (Å²) < 4.78 is 57.0. The summed E-state index contributed by atoms with van der Waals surface area (Å²) in [7, 11) is -7.42. The van der Waals surface area contributed by atoms with Gasteiger partial charge in [-0.1, -0.05) is 0 Å². The molecule has 2 aliphatic rings. The van der Waals surface area contributed by atoms with E-state index in [-0.39, 0.29) is 15.9 Å². The zero-order valence-electron chi connectivity index (χ0n) is 22.6. The molecule has 13 heteroatoms. The smallest absolute Gasteiger partial charge is 0.302 e. The summed E-state index contributed by atoms with van der Waals surface area (Å²) in [6.07, 6.45) is 8.71. The lowest BCUT2D eigenvalue weighted by Gasteiger charge is -2.37. The fourth-order valence-electron chi connectivity index (χ4n) is 5.63. The summed E-state index contributed by atoms with van der Waals surface area (Å²) in [6.45, 7) is 3.56. The molecule has 216 valence electrons. The Morgan fingerprint density at radius 2 is 1.59 bits per heavy atom. The van der Waals surface area contributed by atoms with Gasteiger partial charge in [-0.25, -0.2) is 17.4 Å². The summed E-state index contributed by atoms with van der Waals surface area (Å²) in [6, 6.07) is 11.3. The van der Waals surface area contributed by atoms with Crippen LogP contribution in [0.3, 0.4) is 0 Å². The van der Waals surface area contributed by atoms with Crippen molar-refractivity contribution in [1.82, 2.24) is 13.9 Å². The van der Waals surface area contributed by atoms with Crippen molar-refractivity contribution < 1.29 is 26.0 Å². The predicted octanol–water partition coefficient (Wildman–Crippen LogP) is 3.22. The van der Waals surface area contributed by atoms with Gasteiger partial charge in [0, 0.05) is 74.7 Å². The molecule has 6 rings (SSSR count). The van der Waals surface area contributed by atoms with Crippen LogP contribution in [0.1, 0.15) is 29.6 Å². The maximum absolute atomic E-state index is 13.8. The quantitative estimate of drug-likeness (QED) is 0.329. The van der Waals surface area contributed by atoms with Crippen LogP contribution in [0.4, 0.5) is 11.4 Å². The first-order valence-electron chi connectivity index (χ1n) is 13.5. The van der Waals surface area contributed by atoms with Crippen LogP contribution >= 0.6 is 0 Å². The van der Waals surface area contributed by atoms with E-state index in [4.69, 9.17) is 4.42 Å². The number of hydrogen-bond donors (Lipinski definition) is 0. The SMILES string of the molecule is CS(=O)(=O)c1ccc(N2CCCCC2)c(C(=O)N2CCN(c3ccnc4c3ccn4S(=O)(=O)c3ccco3)CC2)c1. The first-order valence-corrected chi connectivity index (χ1v) is 16.9. The normalized spacial score (nSPS) is 16.9. The molecule has 1 amide bonds. The third kappa shape index (κ3) is 5.08. The van der Waals surface area contributed by atoms with Gasteiger partial charge in [0.05, 0.1) is 16.7 Å². The summed E-state index contributed by atoms with van der Waals surface area (Å²) >= 11 is 0. The Kier molecular flexibility index (Phi) is 7.02. The van der Waals surface area contributed by atoms with Crippen molar-refractivity contribution in [2.45, 2.75) is 29.3 Å². The number of furan rings is 1. The molecule has 2 saturated heterocycles. The average Bonchev–Trinajstić information content (AvgIpc) is 3.68. The first kappa shape index (κ1) is 27.3. The molecule has 3 aromatic heterocycles. The molecule has 5 heterocycles. The second kappa shape index (κ2) is 10.5. The minimum atomic E-state index is -3.94. The van der Waals surface area contributed by atoms with E-state index in [0.29, 0.717) is 42.8 Å². The van der Waals surface area contributed by atoms with E-state index < -0.39 is 19.9 Å². The molecular weight excluding hydrogens is 566 g/mol. The minimum absolute atomic E-state index is 0.133. The molecule has 0 aliphatic carbocycles. The summed E-state index contributed by atoms with van der Waals surface area (Å²) in [4.78, 5) is 24.3. The fourth-order valence-corrected chi connectivity index (χ4v) is 7.49. The number of nitrogens with zero attached hydrogens (tertiary/aromatic N) is 5. The maximum Gasteiger partial charge on any atom is 0.302 e. The Morgan fingerprint density at radius 3 is 2.27 bits per heavy atom. The van der Waals surface area contributed by atoms with Crippen molar-refractivity contribution in [2.24, 2.45) is 0 Å². The highest BCUT2D eigenvalue weighted by atomic mass is 32.2. The second-order valence-corrected chi connectivity index (χ2v) is 14.2. The number of pyridine rings is 1. The topological polar surface area (TPSA) is 126 Å². The highest BCUT2D eigenvalue weighted by molar-refractivity contribution is 7.90. The van der Waals surface area contributed by atoms with Gasteiger partial charge >= 0.3 is 10.0 Å². The zero-order valence-corrected chi connectivity index (χ0v) is 24.3. The third-order valence-corrected chi connectivity index (χ3v) is 10.4. The molecule has 0 saturated carbocycles. The molecule has 11 nitrogen and oxygen atoms in total. The van der Waals surface area contributed by atoms with Gasteiger partial charge in [0.2, 0.25) is 5.09 Å². The molecule has 1 aromatic carbocycles. The predicted molar refractivity (Wildman–Crippen MR) is 155 cm³/mol. The van der Waals surface area contributed by atoms with Crippen LogP contribution in [0.25, 0.3) is 11.0 Å². The number of carbonyl (C=O) groups excluding carboxylic acids is 1. The van der Waals surface area contributed by atoms with Gasteiger partial charge < -0.3 is 19.1 Å². The number of benzene rings is 1.